The van der Waals surface area contributed by atoms with Gasteiger partial charge >= 0.3 is 0 Å². The third-order valence-corrected chi connectivity index (χ3v) is 2.40. The molecule has 80 valence electrons. The van der Waals surface area contributed by atoms with Crippen molar-refractivity contribution in [2.45, 2.75) is 12.5 Å². The Bertz CT molecular complexity index is 467. The maximum Gasteiger partial charge on any atom is 0.123 e. The van der Waals surface area contributed by atoms with Crippen LogP contribution in [0.5, 0.6) is 0 Å². The van der Waals surface area contributed by atoms with Crippen molar-refractivity contribution >= 4 is 10.9 Å². The zero-order valence-corrected chi connectivity index (χ0v) is 8.20. The number of aromatic amines is 1. The predicted octanol–water partition coefficient (Wildman–Crippen LogP) is 1.69. The zero-order chi connectivity index (χ0) is 10.8. The molecule has 0 saturated heterocycles. The molecule has 0 radical (unpaired) electrons. The van der Waals surface area contributed by atoms with Gasteiger partial charge in [-0.3, -0.25) is 0 Å². The van der Waals surface area contributed by atoms with Crippen molar-refractivity contribution in [3.8, 4) is 0 Å². The molecule has 15 heavy (non-hydrogen) atoms. The van der Waals surface area contributed by atoms with Gasteiger partial charge in [0.1, 0.15) is 5.82 Å². The van der Waals surface area contributed by atoms with E-state index in [1.165, 1.54) is 12.1 Å². The van der Waals surface area contributed by atoms with Crippen molar-refractivity contribution in [3.63, 3.8) is 0 Å². The Kier molecular flexibility index (Phi) is 2.70. The molecule has 1 atom stereocenters. The first-order valence-corrected chi connectivity index (χ1v) is 4.87. The van der Waals surface area contributed by atoms with Crippen molar-refractivity contribution in [2.24, 2.45) is 5.73 Å². The predicted molar refractivity (Wildman–Crippen MR) is 56.9 cm³/mol. The van der Waals surface area contributed by atoms with Crippen LogP contribution in [0.1, 0.15) is 18.2 Å². The molecule has 2 aromatic rings. The lowest BCUT2D eigenvalue weighted by Crippen LogP contribution is -2.06. The normalized spacial score (nSPS) is 13.3. The summed E-state index contributed by atoms with van der Waals surface area (Å²) >= 11 is 0. The van der Waals surface area contributed by atoms with Crippen LogP contribution in [0.3, 0.4) is 0 Å². The fraction of sp³-hybridized carbons (Fsp3) is 0.273. The highest BCUT2D eigenvalue weighted by atomic mass is 19.1. The first kappa shape index (κ1) is 10.1. The Hall–Kier alpha value is -1.39. The van der Waals surface area contributed by atoms with Crippen LogP contribution in [0, 0.1) is 5.82 Å². The van der Waals surface area contributed by atoms with Crippen LogP contribution in [0.15, 0.2) is 24.3 Å². The van der Waals surface area contributed by atoms with Crippen molar-refractivity contribution < 1.29 is 9.50 Å². The summed E-state index contributed by atoms with van der Waals surface area (Å²) in [5.41, 5.74) is 6.85. The summed E-state index contributed by atoms with van der Waals surface area (Å²) in [6.45, 7) is 0.422. The molecule has 0 fully saturated rings. The van der Waals surface area contributed by atoms with E-state index in [4.69, 9.17) is 5.73 Å². The standard InChI is InChI=1S/C11H13FN2O/c12-8-1-2-9-7(5-8)6-10(14-9)11(15)3-4-13/h1-2,5-6,11,14-15H,3-4,13H2. The molecule has 0 aliphatic rings. The van der Waals surface area contributed by atoms with Crippen LogP contribution in [0.2, 0.25) is 0 Å². The van der Waals surface area contributed by atoms with Gasteiger partial charge in [-0.15, -0.1) is 0 Å². The minimum absolute atomic E-state index is 0.277. The zero-order valence-electron chi connectivity index (χ0n) is 8.20. The average Bonchev–Trinajstić information content (AvgIpc) is 2.60. The molecule has 0 aliphatic carbocycles. The SMILES string of the molecule is NCCC(O)c1cc2cc(F)ccc2[nH]1. The Labute approximate surface area is 86.7 Å². The van der Waals surface area contributed by atoms with E-state index in [0.29, 0.717) is 18.7 Å². The summed E-state index contributed by atoms with van der Waals surface area (Å²) in [4.78, 5) is 3.04. The number of nitrogens with two attached hydrogens (primary N) is 1. The van der Waals surface area contributed by atoms with Crippen molar-refractivity contribution in [1.82, 2.24) is 4.98 Å². The van der Waals surface area contributed by atoms with Crippen molar-refractivity contribution in [1.29, 1.82) is 0 Å². The molecule has 1 aromatic carbocycles. The van der Waals surface area contributed by atoms with E-state index in [2.05, 4.69) is 4.98 Å². The van der Waals surface area contributed by atoms with Gasteiger partial charge in [0.15, 0.2) is 0 Å². The third kappa shape index (κ3) is 2.00. The lowest BCUT2D eigenvalue weighted by atomic mass is 10.2. The highest BCUT2D eigenvalue weighted by Gasteiger charge is 2.09. The summed E-state index contributed by atoms with van der Waals surface area (Å²) in [5, 5.41) is 10.5. The van der Waals surface area contributed by atoms with E-state index in [1.54, 1.807) is 12.1 Å². The van der Waals surface area contributed by atoms with Gasteiger partial charge in [-0.05, 0) is 37.2 Å². The van der Waals surface area contributed by atoms with Crippen LogP contribution in [0.4, 0.5) is 4.39 Å². The molecule has 0 spiro atoms. The van der Waals surface area contributed by atoms with E-state index in [1.807, 2.05) is 0 Å². The molecule has 0 saturated carbocycles. The van der Waals surface area contributed by atoms with Crippen LogP contribution >= 0.6 is 0 Å². The second-order valence-electron chi connectivity index (χ2n) is 3.55. The molecule has 1 aromatic heterocycles. The number of aromatic nitrogens is 1. The molecule has 4 N–H and O–H groups in total. The quantitative estimate of drug-likeness (QED) is 0.718. The second kappa shape index (κ2) is 4.00. The van der Waals surface area contributed by atoms with Crippen LogP contribution in [0.25, 0.3) is 10.9 Å². The largest absolute Gasteiger partial charge is 0.387 e. The van der Waals surface area contributed by atoms with Gasteiger partial charge in [0.25, 0.3) is 0 Å². The average molecular weight is 208 g/mol. The molecule has 2 rings (SSSR count). The number of aliphatic hydroxyl groups is 1. The number of halogens is 1. The molecule has 1 heterocycles. The highest BCUT2D eigenvalue weighted by Crippen LogP contribution is 2.22. The van der Waals surface area contributed by atoms with E-state index in [9.17, 15) is 9.50 Å². The first-order chi connectivity index (χ1) is 7.20. The number of hydrogen-bond acceptors (Lipinski definition) is 2. The minimum Gasteiger partial charge on any atom is -0.387 e. The Balaban J connectivity index is 2.38. The third-order valence-electron chi connectivity index (χ3n) is 2.40. The summed E-state index contributed by atoms with van der Waals surface area (Å²) < 4.78 is 12.9. The van der Waals surface area contributed by atoms with Gasteiger partial charge in [-0.2, -0.15) is 0 Å². The number of hydrogen-bond donors (Lipinski definition) is 3. The molecule has 3 nitrogen and oxygen atoms in total. The highest BCUT2D eigenvalue weighted by molar-refractivity contribution is 5.80. The number of fused-ring (bicyclic) bond motifs is 1. The van der Waals surface area contributed by atoms with Gasteiger partial charge in [0, 0.05) is 16.6 Å². The monoisotopic (exact) mass is 208 g/mol. The molecule has 0 aliphatic heterocycles. The van der Waals surface area contributed by atoms with Gasteiger partial charge in [0.05, 0.1) is 6.10 Å². The first-order valence-electron chi connectivity index (χ1n) is 4.87. The lowest BCUT2D eigenvalue weighted by molar-refractivity contribution is 0.166. The lowest BCUT2D eigenvalue weighted by Gasteiger charge is -2.05. The molecule has 4 heteroatoms. The molecule has 1 unspecified atom stereocenters. The summed E-state index contributed by atoms with van der Waals surface area (Å²) in [6.07, 6.45) is -0.111. The number of H-pyrrole nitrogens is 1. The summed E-state index contributed by atoms with van der Waals surface area (Å²) in [6, 6.07) is 6.23. The van der Waals surface area contributed by atoms with Gasteiger partial charge in [0.2, 0.25) is 0 Å². The fourth-order valence-electron chi connectivity index (χ4n) is 1.62. The van der Waals surface area contributed by atoms with Crippen LogP contribution in [-0.4, -0.2) is 16.6 Å². The summed E-state index contributed by atoms with van der Waals surface area (Å²) in [5.74, 6) is -0.277. The molecule has 0 amide bonds. The number of aliphatic hydroxyl groups excluding tert-OH is 1. The smallest absolute Gasteiger partial charge is 0.123 e. The topological polar surface area (TPSA) is 62.0 Å². The van der Waals surface area contributed by atoms with E-state index >= 15 is 0 Å². The van der Waals surface area contributed by atoms with Crippen LogP contribution in [-0.2, 0) is 0 Å². The number of rotatable bonds is 3. The maximum absolute atomic E-state index is 12.9. The Morgan fingerprint density at radius 1 is 1.40 bits per heavy atom. The fourth-order valence-corrected chi connectivity index (χ4v) is 1.62. The van der Waals surface area contributed by atoms with Crippen molar-refractivity contribution in [2.75, 3.05) is 6.54 Å². The van der Waals surface area contributed by atoms with Crippen molar-refractivity contribution in [3.05, 3.63) is 35.8 Å². The Morgan fingerprint density at radius 3 is 2.93 bits per heavy atom. The van der Waals surface area contributed by atoms with Gasteiger partial charge in [-0.25, -0.2) is 4.39 Å². The second-order valence-corrected chi connectivity index (χ2v) is 3.55. The molecule has 0 bridgehead atoms. The van der Waals surface area contributed by atoms with Gasteiger partial charge in [-0.1, -0.05) is 0 Å². The minimum atomic E-state index is -0.606. The van der Waals surface area contributed by atoms with E-state index in [-0.39, 0.29) is 5.82 Å². The van der Waals surface area contributed by atoms with Gasteiger partial charge < -0.3 is 15.8 Å². The van der Waals surface area contributed by atoms with E-state index < -0.39 is 6.10 Å². The molecular weight excluding hydrogens is 195 g/mol. The van der Waals surface area contributed by atoms with E-state index in [0.717, 1.165) is 10.9 Å². The van der Waals surface area contributed by atoms with Crippen LogP contribution < -0.4 is 5.73 Å². The summed E-state index contributed by atoms with van der Waals surface area (Å²) in [7, 11) is 0. The number of nitrogens with one attached hydrogen (secondary N) is 1. The Morgan fingerprint density at radius 2 is 2.20 bits per heavy atom. The maximum atomic E-state index is 12.9. The number of benzene rings is 1. The molecular formula is C11H13FN2O.